The van der Waals surface area contributed by atoms with E-state index in [1.165, 1.54) is 20.8 Å². The van der Waals surface area contributed by atoms with Crippen molar-refractivity contribution in [2.75, 3.05) is 11.9 Å². The summed E-state index contributed by atoms with van der Waals surface area (Å²) < 4.78 is 47.1. The van der Waals surface area contributed by atoms with Crippen LogP contribution in [-0.2, 0) is 16.0 Å². The quantitative estimate of drug-likeness (QED) is 0.445. The summed E-state index contributed by atoms with van der Waals surface area (Å²) in [5.41, 5.74) is 3.19. The van der Waals surface area contributed by atoms with E-state index in [-0.39, 0.29) is 40.5 Å². The summed E-state index contributed by atoms with van der Waals surface area (Å²) in [6.45, 7) is -1.39. The van der Waals surface area contributed by atoms with E-state index in [0.717, 1.165) is 22.3 Å². The standard InChI is InChI=1S/C26H24BF3NO4/c1-14-21(12-23(32)33)15(2)25(16(3)24(14)27(28,29)30)31-26(34)35-13-22-19-10-6-4-8-17(19)18-9-5-7-11-20(18)22/h4-11,22H,12-13H2,1-3H3,(H,31,34)(H,32,33)/q-1. The normalized spacial score (nSPS) is 12.7. The number of nitrogens with one attached hydrogen (secondary N) is 1. The average molecular weight is 482 g/mol. The highest BCUT2D eigenvalue weighted by Gasteiger charge is 2.33. The van der Waals surface area contributed by atoms with Gasteiger partial charge in [-0.1, -0.05) is 59.7 Å². The van der Waals surface area contributed by atoms with Crippen LogP contribution < -0.4 is 10.8 Å². The van der Waals surface area contributed by atoms with Gasteiger partial charge in [0.25, 0.3) is 0 Å². The number of anilines is 1. The maximum Gasteiger partial charge on any atom is 0.510 e. The molecular weight excluding hydrogens is 458 g/mol. The van der Waals surface area contributed by atoms with Crippen LogP contribution >= 0.6 is 0 Å². The summed E-state index contributed by atoms with van der Waals surface area (Å²) in [5.74, 6) is -1.46. The van der Waals surface area contributed by atoms with Gasteiger partial charge in [0.15, 0.2) is 0 Å². The molecule has 3 aromatic rings. The number of halogens is 3. The lowest BCUT2D eigenvalue weighted by atomic mass is 9.71. The number of carboxylic acid groups (broad SMARTS) is 1. The Morgan fingerprint density at radius 2 is 1.46 bits per heavy atom. The smallest absolute Gasteiger partial charge is 0.481 e. The molecule has 0 aliphatic heterocycles. The molecule has 5 nitrogen and oxygen atoms in total. The van der Waals surface area contributed by atoms with Gasteiger partial charge in [-0.15, -0.1) is 5.46 Å². The van der Waals surface area contributed by atoms with Crippen LogP contribution in [0.5, 0.6) is 0 Å². The number of aliphatic carboxylic acids is 1. The zero-order valence-electron chi connectivity index (χ0n) is 19.5. The predicted octanol–water partition coefficient (Wildman–Crippen LogP) is 5.65. The molecule has 0 heterocycles. The second kappa shape index (κ2) is 9.13. The fraction of sp³-hybridized carbons (Fsp3) is 0.231. The number of hydrogen-bond donors (Lipinski definition) is 2. The first kappa shape index (κ1) is 24.4. The number of hydrogen-bond acceptors (Lipinski definition) is 3. The van der Waals surface area contributed by atoms with Crippen LogP contribution in [0.4, 0.5) is 23.4 Å². The second-order valence-corrected chi connectivity index (χ2v) is 8.74. The van der Waals surface area contributed by atoms with E-state index >= 15 is 0 Å². The van der Waals surface area contributed by atoms with Crippen molar-refractivity contribution in [3.8, 4) is 11.1 Å². The average Bonchev–Trinajstić information content (AvgIpc) is 3.11. The number of rotatable bonds is 6. The van der Waals surface area contributed by atoms with E-state index in [1.54, 1.807) is 0 Å². The first-order valence-electron chi connectivity index (χ1n) is 11.2. The maximum absolute atomic E-state index is 13.9. The molecule has 2 N–H and O–H groups in total. The van der Waals surface area contributed by atoms with Crippen molar-refractivity contribution < 1.29 is 32.4 Å². The van der Waals surface area contributed by atoms with Crippen LogP contribution in [0.1, 0.15) is 39.3 Å². The Bertz CT molecular complexity index is 1290. The molecule has 35 heavy (non-hydrogen) atoms. The highest BCUT2D eigenvalue weighted by atomic mass is 19.4. The number of ether oxygens (including phenoxy) is 1. The van der Waals surface area contributed by atoms with Gasteiger partial charge in [0, 0.05) is 11.6 Å². The minimum absolute atomic E-state index is 0.00185. The predicted molar refractivity (Wildman–Crippen MR) is 129 cm³/mol. The highest BCUT2D eigenvalue weighted by molar-refractivity contribution is 6.74. The lowest BCUT2D eigenvalue weighted by Crippen LogP contribution is -2.40. The third kappa shape index (κ3) is 4.50. The van der Waals surface area contributed by atoms with E-state index in [9.17, 15) is 27.6 Å². The topological polar surface area (TPSA) is 75.6 Å². The molecule has 0 radical (unpaired) electrons. The fourth-order valence-corrected chi connectivity index (χ4v) is 5.12. The van der Waals surface area contributed by atoms with E-state index in [4.69, 9.17) is 4.74 Å². The molecule has 0 saturated carbocycles. The number of fused-ring (bicyclic) bond motifs is 3. The molecule has 0 atom stereocenters. The van der Waals surface area contributed by atoms with Gasteiger partial charge in [0.05, 0.1) is 6.42 Å². The van der Waals surface area contributed by atoms with Crippen LogP contribution in [0, 0.1) is 20.8 Å². The Balaban J connectivity index is 1.62. The van der Waals surface area contributed by atoms with Crippen molar-refractivity contribution in [3.63, 3.8) is 0 Å². The molecule has 0 unspecified atom stereocenters. The lowest BCUT2D eigenvalue weighted by Gasteiger charge is -2.28. The largest absolute Gasteiger partial charge is 0.510 e. The highest BCUT2D eigenvalue weighted by Crippen LogP contribution is 2.44. The van der Waals surface area contributed by atoms with E-state index < -0.39 is 30.9 Å². The number of carboxylic acids is 1. The van der Waals surface area contributed by atoms with Crippen molar-refractivity contribution in [3.05, 3.63) is 81.9 Å². The van der Waals surface area contributed by atoms with Gasteiger partial charge in [-0.3, -0.25) is 10.1 Å². The molecule has 0 saturated heterocycles. The number of amides is 1. The minimum atomic E-state index is -5.44. The summed E-state index contributed by atoms with van der Waals surface area (Å²) in [6, 6.07) is 15.6. The first-order chi connectivity index (χ1) is 16.5. The van der Waals surface area contributed by atoms with Gasteiger partial charge in [-0.05, 0) is 54.2 Å². The summed E-state index contributed by atoms with van der Waals surface area (Å²) in [5, 5.41) is 11.7. The van der Waals surface area contributed by atoms with Gasteiger partial charge in [0.2, 0.25) is 0 Å². The van der Waals surface area contributed by atoms with Crippen molar-refractivity contribution >= 4 is 30.2 Å². The lowest BCUT2D eigenvalue weighted by molar-refractivity contribution is -0.136. The Hall–Kier alpha value is -3.75. The van der Waals surface area contributed by atoms with Gasteiger partial charge >= 0.3 is 19.0 Å². The van der Waals surface area contributed by atoms with Crippen molar-refractivity contribution in [1.29, 1.82) is 0 Å². The summed E-state index contributed by atoms with van der Waals surface area (Å²) >= 11 is 0. The Morgan fingerprint density at radius 3 is 1.97 bits per heavy atom. The molecule has 182 valence electrons. The minimum Gasteiger partial charge on any atom is -0.481 e. The van der Waals surface area contributed by atoms with Crippen LogP contribution in [0.3, 0.4) is 0 Å². The van der Waals surface area contributed by atoms with Crippen molar-refractivity contribution in [2.24, 2.45) is 0 Å². The molecule has 1 aliphatic carbocycles. The van der Waals surface area contributed by atoms with E-state index in [2.05, 4.69) is 5.32 Å². The molecule has 1 aliphatic rings. The molecule has 1 amide bonds. The van der Waals surface area contributed by atoms with Crippen LogP contribution in [0.15, 0.2) is 48.5 Å². The van der Waals surface area contributed by atoms with Gasteiger partial charge in [-0.2, -0.15) is 0 Å². The van der Waals surface area contributed by atoms with Gasteiger partial charge in [0.1, 0.15) is 6.61 Å². The van der Waals surface area contributed by atoms with Crippen molar-refractivity contribution in [2.45, 2.75) is 33.1 Å². The monoisotopic (exact) mass is 482 g/mol. The third-order valence-electron chi connectivity index (χ3n) is 6.69. The molecule has 0 spiro atoms. The van der Waals surface area contributed by atoms with Crippen LogP contribution in [0.25, 0.3) is 11.1 Å². The van der Waals surface area contributed by atoms with E-state index in [1.807, 2.05) is 48.5 Å². The molecule has 0 aromatic heterocycles. The zero-order valence-corrected chi connectivity index (χ0v) is 19.5. The third-order valence-corrected chi connectivity index (χ3v) is 6.69. The maximum atomic E-state index is 13.9. The van der Waals surface area contributed by atoms with Gasteiger partial charge < -0.3 is 22.8 Å². The second-order valence-electron chi connectivity index (χ2n) is 8.74. The molecule has 4 rings (SSSR count). The number of carbonyl (C=O) groups is 2. The number of benzene rings is 3. The number of carbonyl (C=O) groups excluding carboxylic acids is 1. The fourth-order valence-electron chi connectivity index (χ4n) is 5.12. The summed E-state index contributed by atoms with van der Waals surface area (Å²) in [6.07, 6.45) is -1.49. The zero-order chi connectivity index (χ0) is 25.5. The Kier molecular flexibility index (Phi) is 6.36. The van der Waals surface area contributed by atoms with E-state index in [0.29, 0.717) is 0 Å². The molecule has 0 fully saturated rings. The Labute approximate surface area is 201 Å². The molecule has 3 aromatic carbocycles. The molecule has 0 bridgehead atoms. The summed E-state index contributed by atoms with van der Waals surface area (Å²) in [4.78, 5) is 24.1. The van der Waals surface area contributed by atoms with Crippen LogP contribution in [0.2, 0.25) is 0 Å². The van der Waals surface area contributed by atoms with Gasteiger partial charge in [-0.25, -0.2) is 4.79 Å². The van der Waals surface area contributed by atoms with Crippen molar-refractivity contribution in [1.82, 2.24) is 0 Å². The molecule has 9 heteroatoms. The first-order valence-corrected chi connectivity index (χ1v) is 11.2. The SMILES string of the molecule is Cc1c(CC(=O)O)c(C)c([B-](F)(F)F)c(C)c1NC(=O)OCC1c2ccccc2-c2ccccc21. The van der Waals surface area contributed by atoms with Crippen LogP contribution in [-0.4, -0.2) is 30.8 Å². The summed E-state index contributed by atoms with van der Waals surface area (Å²) in [7, 11) is 0. The Morgan fingerprint density at radius 1 is 0.914 bits per heavy atom. The molecular formula is C26H24BF3NO4-.